The molecule has 1 N–H and O–H groups in total. The van der Waals surface area contributed by atoms with Crippen molar-refractivity contribution in [2.75, 3.05) is 33.7 Å². The molecule has 0 aliphatic carbocycles. The van der Waals surface area contributed by atoms with Crippen LogP contribution in [0, 0.1) is 0 Å². The summed E-state index contributed by atoms with van der Waals surface area (Å²) in [7, 11) is 2.49. The highest BCUT2D eigenvalue weighted by Gasteiger charge is 2.21. The van der Waals surface area contributed by atoms with E-state index in [1.54, 1.807) is 31.3 Å². The summed E-state index contributed by atoms with van der Waals surface area (Å²) in [4.78, 5) is 12.6. The van der Waals surface area contributed by atoms with Gasteiger partial charge >= 0.3 is 0 Å². The number of carbonyl (C=O) groups excluding carboxylic acids is 1. The van der Waals surface area contributed by atoms with Crippen LogP contribution in [0.5, 0.6) is 17.2 Å². The summed E-state index contributed by atoms with van der Waals surface area (Å²) < 4.78 is 43.1. The van der Waals surface area contributed by atoms with Gasteiger partial charge in [0, 0.05) is 25.7 Å². The lowest BCUT2D eigenvalue weighted by molar-refractivity contribution is -0.116. The smallest absolute Gasteiger partial charge is 0.243 e. The maximum atomic E-state index is 12.9. The topological polar surface area (TPSA) is 94.2 Å². The third-order valence-electron chi connectivity index (χ3n) is 5.46. The van der Waals surface area contributed by atoms with Gasteiger partial charge in [-0.1, -0.05) is 30.3 Å². The predicted octanol–water partition coefficient (Wildman–Crippen LogP) is 4.10. The van der Waals surface area contributed by atoms with Crippen molar-refractivity contribution in [2.45, 2.75) is 24.3 Å². The van der Waals surface area contributed by atoms with E-state index in [1.165, 1.54) is 37.8 Å². The second kappa shape index (κ2) is 11.7. The van der Waals surface area contributed by atoms with Gasteiger partial charge in [0.1, 0.15) is 0 Å². The first kappa shape index (κ1) is 26.1. The van der Waals surface area contributed by atoms with E-state index in [0.717, 1.165) is 11.1 Å². The second-order valence-electron chi connectivity index (χ2n) is 7.85. The van der Waals surface area contributed by atoms with Gasteiger partial charge in [0.25, 0.3) is 0 Å². The molecule has 3 aromatic carbocycles. The number of nitrogens with zero attached hydrogens (tertiary/aromatic N) is 1. The predicted molar refractivity (Wildman–Crippen MR) is 135 cm³/mol. The van der Waals surface area contributed by atoms with E-state index in [2.05, 4.69) is 5.32 Å². The molecule has 35 heavy (non-hydrogen) atoms. The lowest BCUT2D eigenvalue weighted by Gasteiger charge is -2.17. The van der Waals surface area contributed by atoms with Crippen molar-refractivity contribution in [3.63, 3.8) is 0 Å². The van der Waals surface area contributed by atoms with Crippen LogP contribution in [0.2, 0.25) is 0 Å². The Hall–Kier alpha value is -3.56. The molecule has 0 saturated carbocycles. The number of amides is 1. The largest absolute Gasteiger partial charge is 0.493 e. The Morgan fingerprint density at radius 3 is 2.00 bits per heavy atom. The van der Waals surface area contributed by atoms with E-state index in [9.17, 15) is 13.2 Å². The molecule has 0 spiro atoms. The SMILES string of the molecule is COc1cc(CCC(=O)Nc2ccc(S(=O)(=O)N(C)Cc3ccccc3)cc2)cc(OC)c1OC. The van der Waals surface area contributed by atoms with Gasteiger partial charge in [0.05, 0.1) is 26.2 Å². The number of benzene rings is 3. The van der Waals surface area contributed by atoms with Gasteiger partial charge in [-0.25, -0.2) is 8.42 Å². The van der Waals surface area contributed by atoms with Gasteiger partial charge in [-0.15, -0.1) is 0 Å². The van der Waals surface area contributed by atoms with Gasteiger partial charge in [-0.2, -0.15) is 4.31 Å². The maximum Gasteiger partial charge on any atom is 0.243 e. The normalized spacial score (nSPS) is 11.2. The molecule has 0 atom stereocenters. The van der Waals surface area contributed by atoms with Crippen molar-refractivity contribution in [3.05, 3.63) is 77.9 Å². The molecule has 0 heterocycles. The number of aryl methyl sites for hydroxylation is 1. The molecule has 3 rings (SSSR count). The average molecular weight is 499 g/mol. The maximum absolute atomic E-state index is 12.9. The molecular formula is C26H30N2O6S. The molecular weight excluding hydrogens is 468 g/mol. The van der Waals surface area contributed by atoms with E-state index < -0.39 is 10.0 Å². The summed E-state index contributed by atoms with van der Waals surface area (Å²) in [5.74, 6) is 1.34. The van der Waals surface area contributed by atoms with Crippen LogP contribution in [0.1, 0.15) is 17.5 Å². The van der Waals surface area contributed by atoms with Crippen LogP contribution in [0.25, 0.3) is 0 Å². The van der Waals surface area contributed by atoms with E-state index >= 15 is 0 Å². The zero-order valence-corrected chi connectivity index (χ0v) is 21.1. The minimum absolute atomic E-state index is 0.159. The number of hydrogen-bond donors (Lipinski definition) is 1. The highest BCUT2D eigenvalue weighted by molar-refractivity contribution is 7.89. The van der Waals surface area contributed by atoms with E-state index in [0.29, 0.717) is 29.4 Å². The zero-order chi connectivity index (χ0) is 25.4. The lowest BCUT2D eigenvalue weighted by Crippen LogP contribution is -2.26. The first-order chi connectivity index (χ1) is 16.8. The van der Waals surface area contributed by atoms with Crippen LogP contribution >= 0.6 is 0 Å². The van der Waals surface area contributed by atoms with Crippen molar-refractivity contribution >= 4 is 21.6 Å². The molecule has 3 aromatic rings. The van der Waals surface area contributed by atoms with E-state index in [4.69, 9.17) is 14.2 Å². The molecule has 0 fully saturated rings. The molecule has 0 bridgehead atoms. The molecule has 9 heteroatoms. The molecule has 0 aromatic heterocycles. The number of hydrogen-bond acceptors (Lipinski definition) is 6. The highest BCUT2D eigenvalue weighted by atomic mass is 32.2. The van der Waals surface area contributed by atoms with Gasteiger partial charge < -0.3 is 19.5 Å². The summed E-state index contributed by atoms with van der Waals surface area (Å²) in [5.41, 5.74) is 2.27. The second-order valence-corrected chi connectivity index (χ2v) is 9.90. The Labute approximate surface area is 206 Å². The summed E-state index contributed by atoms with van der Waals surface area (Å²) in [6, 6.07) is 19.1. The van der Waals surface area contributed by atoms with Crippen molar-refractivity contribution in [2.24, 2.45) is 0 Å². The van der Waals surface area contributed by atoms with Gasteiger partial charge in [0.2, 0.25) is 21.7 Å². The number of ether oxygens (including phenoxy) is 3. The average Bonchev–Trinajstić information content (AvgIpc) is 2.87. The lowest BCUT2D eigenvalue weighted by atomic mass is 10.1. The minimum Gasteiger partial charge on any atom is -0.493 e. The van der Waals surface area contributed by atoms with Gasteiger partial charge in [-0.3, -0.25) is 4.79 Å². The zero-order valence-electron chi connectivity index (χ0n) is 20.3. The Morgan fingerprint density at radius 2 is 1.46 bits per heavy atom. The van der Waals surface area contributed by atoms with Crippen molar-refractivity contribution in [3.8, 4) is 17.2 Å². The number of carbonyl (C=O) groups is 1. The van der Waals surface area contributed by atoms with Crippen molar-refractivity contribution < 1.29 is 27.4 Å². The standard InChI is InChI=1S/C26H30N2O6S/c1-28(18-19-8-6-5-7-9-19)35(30,31)22-13-11-21(12-14-22)27-25(29)15-10-20-16-23(32-2)26(34-4)24(17-20)33-3/h5-9,11-14,16-17H,10,15,18H2,1-4H3,(H,27,29). The number of rotatable bonds is 11. The number of nitrogens with one attached hydrogen (secondary N) is 1. The fourth-order valence-corrected chi connectivity index (χ4v) is 4.74. The monoisotopic (exact) mass is 498 g/mol. The third kappa shape index (κ3) is 6.52. The Kier molecular flexibility index (Phi) is 8.73. The highest BCUT2D eigenvalue weighted by Crippen LogP contribution is 2.38. The van der Waals surface area contributed by atoms with Crippen LogP contribution in [0.3, 0.4) is 0 Å². The quantitative estimate of drug-likeness (QED) is 0.428. The van der Waals surface area contributed by atoms with Crippen LogP contribution < -0.4 is 19.5 Å². The first-order valence-electron chi connectivity index (χ1n) is 11.0. The van der Waals surface area contributed by atoms with Crippen LogP contribution in [0.15, 0.2) is 71.6 Å². The molecule has 8 nitrogen and oxygen atoms in total. The Bertz CT molecular complexity index is 1220. The fraction of sp³-hybridized carbons (Fsp3) is 0.269. The molecule has 0 radical (unpaired) electrons. The molecule has 1 amide bonds. The van der Waals surface area contributed by atoms with E-state index in [-0.39, 0.29) is 23.8 Å². The van der Waals surface area contributed by atoms with Gasteiger partial charge in [-0.05, 0) is 53.9 Å². The molecule has 0 unspecified atom stereocenters. The molecule has 0 aliphatic rings. The Balaban J connectivity index is 1.61. The molecule has 0 saturated heterocycles. The van der Waals surface area contributed by atoms with Crippen molar-refractivity contribution in [1.82, 2.24) is 4.31 Å². The minimum atomic E-state index is -3.66. The van der Waals surface area contributed by atoms with Crippen LogP contribution in [-0.2, 0) is 27.8 Å². The molecule has 186 valence electrons. The number of methoxy groups -OCH3 is 3. The number of anilines is 1. The summed E-state index contributed by atoms with van der Waals surface area (Å²) in [6.07, 6.45) is 0.678. The van der Waals surface area contributed by atoms with Crippen LogP contribution in [0.4, 0.5) is 5.69 Å². The van der Waals surface area contributed by atoms with E-state index in [1.807, 2.05) is 30.3 Å². The summed E-state index contributed by atoms with van der Waals surface area (Å²) in [5, 5.41) is 2.81. The summed E-state index contributed by atoms with van der Waals surface area (Å²) in [6.45, 7) is 0.266. The third-order valence-corrected chi connectivity index (χ3v) is 7.28. The summed E-state index contributed by atoms with van der Waals surface area (Å²) >= 11 is 0. The first-order valence-corrected chi connectivity index (χ1v) is 12.4. The molecule has 0 aliphatic heterocycles. The fourth-order valence-electron chi connectivity index (χ4n) is 3.58. The number of sulfonamides is 1. The van der Waals surface area contributed by atoms with Gasteiger partial charge in [0.15, 0.2) is 11.5 Å². The van der Waals surface area contributed by atoms with Crippen molar-refractivity contribution in [1.29, 1.82) is 0 Å². The Morgan fingerprint density at radius 1 is 0.857 bits per heavy atom. The van der Waals surface area contributed by atoms with Crippen LogP contribution in [-0.4, -0.2) is 47.0 Å².